The first-order valence-electron chi connectivity index (χ1n) is 6.06. The molecule has 7 nitrogen and oxygen atoms in total. The van der Waals surface area contributed by atoms with E-state index in [0.29, 0.717) is 6.92 Å². The molecule has 2 amide bonds. The molecule has 10 heteroatoms. The van der Waals surface area contributed by atoms with Crippen molar-refractivity contribution in [3.63, 3.8) is 0 Å². The van der Waals surface area contributed by atoms with Crippen LogP contribution in [0.15, 0.2) is 0 Å². The Labute approximate surface area is 118 Å². The Morgan fingerprint density at radius 3 is 2.24 bits per heavy atom. The molecule has 0 aliphatic heterocycles. The van der Waals surface area contributed by atoms with Crippen molar-refractivity contribution in [2.24, 2.45) is 0 Å². The maximum Gasteiger partial charge on any atom is 0.422 e. The zero-order valence-electron chi connectivity index (χ0n) is 11.5. The Kier molecular flexibility index (Phi) is 6.96. The van der Waals surface area contributed by atoms with Crippen LogP contribution in [0.25, 0.3) is 0 Å². The summed E-state index contributed by atoms with van der Waals surface area (Å²) in [7, 11) is 0. The number of carboxylic acid groups (broad SMARTS) is 1. The lowest BCUT2D eigenvalue weighted by molar-refractivity contribution is -0.203. The van der Waals surface area contributed by atoms with E-state index in [-0.39, 0.29) is 26.0 Å². The number of aliphatic carboxylic acids is 1. The molecule has 1 unspecified atom stereocenters. The van der Waals surface area contributed by atoms with E-state index in [1.165, 1.54) is 5.32 Å². The van der Waals surface area contributed by atoms with Gasteiger partial charge in [-0.1, -0.05) is 0 Å². The van der Waals surface area contributed by atoms with Gasteiger partial charge in [-0.2, -0.15) is 13.2 Å². The number of carboxylic acids is 1. The molecular formula is C11H17F3N2O5. The average molecular weight is 314 g/mol. The Hall–Kier alpha value is -2.00. The molecule has 0 aliphatic rings. The minimum Gasteiger partial charge on any atom is -0.479 e. The summed E-state index contributed by atoms with van der Waals surface area (Å²) in [6, 6.07) is -1.29. The second kappa shape index (κ2) is 7.70. The summed E-state index contributed by atoms with van der Waals surface area (Å²) in [6.07, 6.45) is -5.01. The van der Waals surface area contributed by atoms with Crippen LogP contribution in [0.4, 0.5) is 18.0 Å². The topological polar surface area (TPSA) is 105 Å². The molecule has 3 N–H and O–H groups in total. The van der Waals surface area contributed by atoms with Crippen molar-refractivity contribution in [3.05, 3.63) is 0 Å². The highest BCUT2D eigenvalue weighted by atomic mass is 19.4. The van der Waals surface area contributed by atoms with Crippen LogP contribution in [0.3, 0.4) is 0 Å². The average Bonchev–Trinajstić information content (AvgIpc) is 2.33. The number of nitrogens with one attached hydrogen (secondary N) is 2. The van der Waals surface area contributed by atoms with Gasteiger partial charge in [0.05, 0.1) is 6.61 Å². The van der Waals surface area contributed by atoms with E-state index >= 15 is 0 Å². The van der Waals surface area contributed by atoms with Crippen molar-refractivity contribution >= 4 is 18.0 Å². The molecule has 0 aromatic carbocycles. The second-order valence-electron chi connectivity index (χ2n) is 4.22. The standard InChI is InChI=1S/C11H17F3N2O5/c1-3-21-7(17)5-4-6-15-9(20)16-10(2,8(18)19)11(12,13)14/h3-6H2,1-2H3,(H,18,19)(H2,15,16,20). The number of halogens is 3. The zero-order chi connectivity index (χ0) is 16.7. The number of carbonyl (C=O) groups excluding carboxylic acids is 2. The number of rotatable bonds is 7. The van der Waals surface area contributed by atoms with Crippen LogP contribution in [-0.4, -0.2) is 47.9 Å². The Morgan fingerprint density at radius 1 is 1.24 bits per heavy atom. The predicted octanol–water partition coefficient (Wildman–Crippen LogP) is 1.03. The smallest absolute Gasteiger partial charge is 0.422 e. The third kappa shape index (κ3) is 5.88. The molecule has 0 aliphatic carbocycles. The Bertz CT molecular complexity index is 400. The Morgan fingerprint density at radius 2 is 1.81 bits per heavy atom. The van der Waals surface area contributed by atoms with Crippen molar-refractivity contribution in [1.29, 1.82) is 0 Å². The number of hydrogen-bond acceptors (Lipinski definition) is 4. The van der Waals surface area contributed by atoms with E-state index in [2.05, 4.69) is 4.74 Å². The van der Waals surface area contributed by atoms with Crippen LogP contribution >= 0.6 is 0 Å². The molecule has 0 aromatic heterocycles. The first-order valence-corrected chi connectivity index (χ1v) is 6.06. The molecule has 0 aromatic rings. The van der Waals surface area contributed by atoms with Crippen LogP contribution in [0.1, 0.15) is 26.7 Å². The van der Waals surface area contributed by atoms with Crippen LogP contribution in [0.2, 0.25) is 0 Å². The molecular weight excluding hydrogens is 297 g/mol. The summed E-state index contributed by atoms with van der Waals surface area (Å²) in [5, 5.41) is 12.0. The van der Waals surface area contributed by atoms with Crippen LogP contribution < -0.4 is 10.6 Å². The van der Waals surface area contributed by atoms with Crippen molar-refractivity contribution in [2.75, 3.05) is 13.2 Å². The molecule has 21 heavy (non-hydrogen) atoms. The fourth-order valence-electron chi connectivity index (χ4n) is 1.18. The number of alkyl halides is 3. The van der Waals surface area contributed by atoms with Gasteiger partial charge in [0.2, 0.25) is 5.54 Å². The quantitative estimate of drug-likeness (QED) is 0.481. The van der Waals surface area contributed by atoms with Gasteiger partial charge in [0, 0.05) is 13.0 Å². The van der Waals surface area contributed by atoms with E-state index in [1.54, 1.807) is 6.92 Å². The maximum absolute atomic E-state index is 12.6. The molecule has 0 saturated carbocycles. The summed E-state index contributed by atoms with van der Waals surface area (Å²) in [5.74, 6) is -2.72. The highest BCUT2D eigenvalue weighted by Gasteiger charge is 2.58. The minimum absolute atomic E-state index is 0.0103. The summed E-state index contributed by atoms with van der Waals surface area (Å²) >= 11 is 0. The summed E-state index contributed by atoms with van der Waals surface area (Å²) in [5.41, 5.74) is -3.39. The van der Waals surface area contributed by atoms with E-state index < -0.39 is 29.7 Å². The molecule has 0 bridgehead atoms. The largest absolute Gasteiger partial charge is 0.479 e. The monoisotopic (exact) mass is 314 g/mol. The van der Waals surface area contributed by atoms with E-state index in [4.69, 9.17) is 5.11 Å². The fourth-order valence-corrected chi connectivity index (χ4v) is 1.18. The second-order valence-corrected chi connectivity index (χ2v) is 4.22. The third-order valence-electron chi connectivity index (χ3n) is 2.51. The first kappa shape index (κ1) is 19.0. The van der Waals surface area contributed by atoms with E-state index in [9.17, 15) is 27.6 Å². The number of esters is 1. The van der Waals surface area contributed by atoms with Crippen molar-refractivity contribution < 1.29 is 37.4 Å². The molecule has 0 fully saturated rings. The summed E-state index contributed by atoms with van der Waals surface area (Å²) in [6.45, 7) is 2.06. The predicted molar refractivity (Wildman–Crippen MR) is 64.5 cm³/mol. The highest BCUT2D eigenvalue weighted by Crippen LogP contribution is 2.30. The number of amides is 2. The van der Waals surface area contributed by atoms with Gasteiger partial charge in [0.25, 0.3) is 0 Å². The van der Waals surface area contributed by atoms with Crippen molar-refractivity contribution in [2.45, 2.75) is 38.4 Å². The third-order valence-corrected chi connectivity index (χ3v) is 2.51. The van der Waals surface area contributed by atoms with Gasteiger partial charge in [0.15, 0.2) is 0 Å². The van der Waals surface area contributed by atoms with Crippen molar-refractivity contribution in [1.82, 2.24) is 10.6 Å². The molecule has 0 saturated heterocycles. The van der Waals surface area contributed by atoms with Gasteiger partial charge < -0.3 is 20.5 Å². The zero-order valence-corrected chi connectivity index (χ0v) is 11.5. The lowest BCUT2D eigenvalue weighted by Crippen LogP contribution is -2.63. The molecule has 0 radical (unpaired) electrons. The van der Waals surface area contributed by atoms with Gasteiger partial charge in [-0.25, -0.2) is 9.59 Å². The van der Waals surface area contributed by atoms with Gasteiger partial charge in [-0.05, 0) is 20.3 Å². The Balaban J connectivity index is 4.30. The molecule has 0 spiro atoms. The van der Waals surface area contributed by atoms with Crippen LogP contribution in [0.5, 0.6) is 0 Å². The normalized spacial score (nSPS) is 14.0. The first-order chi connectivity index (χ1) is 9.54. The summed E-state index contributed by atoms with van der Waals surface area (Å²) in [4.78, 5) is 32.9. The summed E-state index contributed by atoms with van der Waals surface area (Å²) < 4.78 is 42.4. The minimum atomic E-state index is -5.15. The lowest BCUT2D eigenvalue weighted by atomic mass is 10.0. The van der Waals surface area contributed by atoms with Crippen LogP contribution in [0, 0.1) is 0 Å². The van der Waals surface area contributed by atoms with Gasteiger partial charge in [0.1, 0.15) is 0 Å². The highest BCUT2D eigenvalue weighted by molar-refractivity contribution is 5.86. The van der Waals surface area contributed by atoms with Crippen LogP contribution in [-0.2, 0) is 14.3 Å². The van der Waals surface area contributed by atoms with E-state index in [0.717, 1.165) is 0 Å². The number of urea groups is 1. The lowest BCUT2D eigenvalue weighted by Gasteiger charge is -2.28. The fraction of sp³-hybridized carbons (Fsp3) is 0.727. The van der Waals surface area contributed by atoms with Gasteiger partial charge >= 0.3 is 24.1 Å². The number of hydrogen-bond donors (Lipinski definition) is 3. The van der Waals surface area contributed by atoms with Crippen molar-refractivity contribution in [3.8, 4) is 0 Å². The molecule has 0 rings (SSSR count). The SMILES string of the molecule is CCOC(=O)CCCNC(=O)NC(C)(C(=O)O)C(F)(F)F. The van der Waals surface area contributed by atoms with E-state index in [1.807, 2.05) is 5.32 Å². The molecule has 0 heterocycles. The van der Waals surface area contributed by atoms with Gasteiger partial charge in [-0.3, -0.25) is 4.79 Å². The number of carbonyl (C=O) groups is 3. The number of ether oxygens (including phenoxy) is 1. The maximum atomic E-state index is 12.6. The molecule has 122 valence electrons. The molecule has 1 atom stereocenters. The van der Waals surface area contributed by atoms with Gasteiger partial charge in [-0.15, -0.1) is 0 Å².